The minimum absolute atomic E-state index is 0.0727. The first-order valence-corrected chi connectivity index (χ1v) is 14.7. The van der Waals surface area contributed by atoms with E-state index < -0.39 is 41.5 Å². The average molecular weight is 639 g/mol. The van der Waals surface area contributed by atoms with E-state index >= 15 is 0 Å². The summed E-state index contributed by atoms with van der Waals surface area (Å²) in [5.41, 5.74) is 0.568. The number of oxazole rings is 1. The molecular weight excluding hydrogens is 611 g/mol. The molecule has 2 N–H and O–H groups in total. The fourth-order valence-electron chi connectivity index (χ4n) is 6.37. The lowest BCUT2D eigenvalue weighted by Gasteiger charge is -2.61. The van der Waals surface area contributed by atoms with E-state index in [1.54, 1.807) is 43.6 Å². The predicted molar refractivity (Wildman–Crippen MR) is 154 cm³/mol. The minimum atomic E-state index is -4.86. The number of nitrogens with one attached hydrogen (secondary N) is 2. The maximum Gasteiger partial charge on any atom is 0.418 e. The zero-order valence-electron chi connectivity index (χ0n) is 24.4. The molecule has 0 saturated heterocycles. The number of hydrogen-bond acceptors (Lipinski definition) is 7. The van der Waals surface area contributed by atoms with Gasteiger partial charge in [-0.15, -0.1) is 0 Å². The van der Waals surface area contributed by atoms with E-state index in [4.69, 9.17) is 4.42 Å². The van der Waals surface area contributed by atoms with E-state index in [1.807, 2.05) is 0 Å². The molecule has 0 aromatic carbocycles. The summed E-state index contributed by atoms with van der Waals surface area (Å²) in [5, 5.41) is 5.05. The van der Waals surface area contributed by atoms with E-state index in [2.05, 4.69) is 30.6 Å². The third-order valence-electron chi connectivity index (χ3n) is 8.97. The van der Waals surface area contributed by atoms with Crippen molar-refractivity contribution in [3.05, 3.63) is 71.5 Å². The highest BCUT2D eigenvalue weighted by Crippen LogP contribution is 2.66. The number of pyridine rings is 3. The van der Waals surface area contributed by atoms with E-state index in [1.165, 1.54) is 0 Å². The van der Waals surface area contributed by atoms with Gasteiger partial charge >= 0.3 is 6.18 Å². The second-order valence-corrected chi connectivity index (χ2v) is 12.5. The molecule has 0 unspecified atom stereocenters. The summed E-state index contributed by atoms with van der Waals surface area (Å²) in [5.74, 6) is -5.27. The number of halogens is 5. The number of carbonyl (C=O) groups excluding carboxylic acids is 2. The Bertz CT molecular complexity index is 1840. The fraction of sp³-hybridized carbons (Fsp3) is 0.375. The molecule has 4 heterocycles. The zero-order chi connectivity index (χ0) is 32.4. The second kappa shape index (κ2) is 10.7. The number of carbonyl (C=O) groups is 2. The van der Waals surface area contributed by atoms with Crippen LogP contribution in [-0.2, 0) is 22.2 Å². The second-order valence-electron chi connectivity index (χ2n) is 12.5. The van der Waals surface area contributed by atoms with Gasteiger partial charge in [-0.3, -0.25) is 14.6 Å². The first-order chi connectivity index (χ1) is 21.8. The molecule has 4 fully saturated rings. The summed E-state index contributed by atoms with van der Waals surface area (Å²) in [4.78, 5) is 41.6. The number of amides is 2. The molecule has 2 amide bonds. The van der Waals surface area contributed by atoms with Crippen molar-refractivity contribution in [2.24, 2.45) is 17.3 Å². The smallest absolute Gasteiger partial charge is 0.418 e. The van der Waals surface area contributed by atoms with E-state index in [-0.39, 0.29) is 35.2 Å². The molecule has 46 heavy (non-hydrogen) atoms. The Hall–Kier alpha value is -4.75. The van der Waals surface area contributed by atoms with Gasteiger partial charge in [0, 0.05) is 43.4 Å². The van der Waals surface area contributed by atoms with Crippen molar-refractivity contribution >= 4 is 23.5 Å². The lowest BCUT2D eigenvalue weighted by atomic mass is 9.43. The molecule has 8 rings (SSSR count). The Morgan fingerprint density at radius 1 is 0.978 bits per heavy atom. The van der Waals surface area contributed by atoms with E-state index in [0.29, 0.717) is 41.0 Å². The normalized spacial score (nSPS) is 22.4. The molecule has 0 spiro atoms. The summed E-state index contributed by atoms with van der Waals surface area (Å²) in [6.07, 6.45) is 1.95. The van der Waals surface area contributed by atoms with Gasteiger partial charge in [-0.1, -0.05) is 6.07 Å². The molecule has 4 saturated carbocycles. The van der Waals surface area contributed by atoms with Gasteiger partial charge < -0.3 is 15.1 Å². The third-order valence-corrected chi connectivity index (χ3v) is 8.97. The summed E-state index contributed by atoms with van der Waals surface area (Å²) >= 11 is 0. The summed E-state index contributed by atoms with van der Waals surface area (Å²) in [6.45, 7) is 1.57. The number of alkyl halides is 5. The van der Waals surface area contributed by atoms with Crippen LogP contribution >= 0.6 is 0 Å². The first kappa shape index (κ1) is 29.9. The van der Waals surface area contributed by atoms with Crippen LogP contribution in [0.2, 0.25) is 0 Å². The van der Waals surface area contributed by atoms with Crippen LogP contribution in [0.25, 0.3) is 22.7 Å². The molecule has 9 nitrogen and oxygen atoms in total. The topological polar surface area (TPSA) is 123 Å². The molecule has 2 bridgehead atoms. The van der Waals surface area contributed by atoms with Gasteiger partial charge in [-0.25, -0.2) is 23.7 Å². The zero-order valence-corrected chi connectivity index (χ0v) is 24.4. The Labute approximate surface area is 259 Å². The van der Waals surface area contributed by atoms with Crippen LogP contribution in [0.1, 0.15) is 54.7 Å². The van der Waals surface area contributed by atoms with Crippen LogP contribution in [0, 0.1) is 24.2 Å². The predicted octanol–water partition coefficient (Wildman–Crippen LogP) is 6.83. The molecule has 14 heteroatoms. The number of aryl methyl sites for hydroxylation is 1. The van der Waals surface area contributed by atoms with Crippen molar-refractivity contribution < 1.29 is 36.0 Å². The number of nitrogens with zero attached hydrogens (tertiary/aromatic N) is 4. The average Bonchev–Trinajstić information content (AvgIpc) is 3.46. The Balaban J connectivity index is 1.17. The van der Waals surface area contributed by atoms with Gasteiger partial charge in [-0.2, -0.15) is 13.2 Å². The minimum Gasteiger partial charge on any atom is -0.441 e. The van der Waals surface area contributed by atoms with Gasteiger partial charge in [-0.05, 0) is 67.3 Å². The van der Waals surface area contributed by atoms with Crippen LogP contribution in [-0.4, -0.2) is 37.7 Å². The molecule has 4 aliphatic rings. The quantitative estimate of drug-likeness (QED) is 0.193. The molecule has 4 aromatic rings. The van der Waals surface area contributed by atoms with Crippen LogP contribution in [0.4, 0.5) is 33.6 Å². The molecule has 4 aromatic heterocycles. The van der Waals surface area contributed by atoms with Crippen molar-refractivity contribution in [2.45, 2.75) is 57.5 Å². The molecular formula is C32H27F5N6O3. The van der Waals surface area contributed by atoms with Gasteiger partial charge in [0.15, 0.2) is 0 Å². The maximum atomic E-state index is 14.0. The molecule has 238 valence electrons. The summed E-state index contributed by atoms with van der Waals surface area (Å²) in [7, 11) is 0. The van der Waals surface area contributed by atoms with Gasteiger partial charge in [0.2, 0.25) is 17.7 Å². The first-order valence-electron chi connectivity index (χ1n) is 14.7. The highest BCUT2D eigenvalue weighted by atomic mass is 19.4. The molecule has 0 aliphatic heterocycles. The van der Waals surface area contributed by atoms with Crippen LogP contribution in [0.15, 0.2) is 53.3 Å². The van der Waals surface area contributed by atoms with Crippen molar-refractivity contribution in [3.8, 4) is 22.7 Å². The lowest BCUT2D eigenvalue weighted by Crippen LogP contribution is -2.53. The number of rotatable bonds is 9. The van der Waals surface area contributed by atoms with Crippen LogP contribution in [0.3, 0.4) is 0 Å². The molecule has 4 aliphatic carbocycles. The van der Waals surface area contributed by atoms with Crippen molar-refractivity contribution in [1.29, 1.82) is 0 Å². The Morgan fingerprint density at radius 2 is 1.67 bits per heavy atom. The van der Waals surface area contributed by atoms with Gasteiger partial charge in [0.05, 0.1) is 22.5 Å². The third kappa shape index (κ3) is 5.71. The van der Waals surface area contributed by atoms with E-state index in [9.17, 15) is 31.5 Å². The molecule has 1 atom stereocenters. The summed E-state index contributed by atoms with van der Waals surface area (Å²) < 4.78 is 74.5. The Morgan fingerprint density at radius 3 is 2.30 bits per heavy atom. The van der Waals surface area contributed by atoms with Crippen LogP contribution < -0.4 is 10.6 Å². The Kier molecular flexibility index (Phi) is 6.94. The largest absolute Gasteiger partial charge is 0.441 e. The van der Waals surface area contributed by atoms with Crippen molar-refractivity contribution in [3.63, 3.8) is 0 Å². The number of aromatic nitrogens is 4. The van der Waals surface area contributed by atoms with Crippen molar-refractivity contribution in [2.75, 3.05) is 10.6 Å². The summed E-state index contributed by atoms with van der Waals surface area (Å²) in [6, 6.07) is 7.94. The van der Waals surface area contributed by atoms with E-state index in [0.717, 1.165) is 31.2 Å². The van der Waals surface area contributed by atoms with Gasteiger partial charge in [0.25, 0.3) is 5.92 Å². The SMILES string of the molecule is Cc1nc(-c2cc(NC(=O)[C@@H]3CC3(F)F)ncc2C(F)(F)F)oc1Cc1cnc(NC(=O)CC23CC(C2)C3)cc1-c1ccccn1. The number of hydrogen-bond donors (Lipinski definition) is 2. The lowest BCUT2D eigenvalue weighted by molar-refractivity contribution is -0.140. The fourth-order valence-corrected chi connectivity index (χ4v) is 6.37. The van der Waals surface area contributed by atoms with Crippen molar-refractivity contribution in [1.82, 2.24) is 19.9 Å². The number of anilines is 2. The highest BCUT2D eigenvalue weighted by Gasteiger charge is 2.61. The highest BCUT2D eigenvalue weighted by molar-refractivity contribution is 5.95. The molecule has 0 radical (unpaired) electrons. The maximum absolute atomic E-state index is 14.0. The standard InChI is InChI=1S/C32H27F5N6O3/c1-16-24(46-29(41-16)20-8-26(40-15-22(20)32(35,36)37)43-28(45)21-12-31(21,33)34)6-18-14-39-25(7-19(18)23-4-2-3-5-38-23)42-27(44)13-30-9-17(10-30)11-30/h2-5,7-8,14-15,17,21H,6,9-13H2,1H3,(H,39,42,44)(H,40,43,45)/t17?,21-,30?/m0/s1. The van der Waals surface area contributed by atoms with Crippen LogP contribution in [0.5, 0.6) is 0 Å². The van der Waals surface area contributed by atoms with Gasteiger partial charge in [0.1, 0.15) is 23.3 Å². The monoisotopic (exact) mass is 638 g/mol.